The summed E-state index contributed by atoms with van der Waals surface area (Å²) in [4.78, 5) is 4.11. The molecule has 1 aliphatic heterocycles. The SMILES string of the molecule is Cc1cc2c(cc1F)nc(N)n2C1CCS(=O)(=O)C1. The predicted octanol–water partition coefficient (Wildman–Crippen LogP) is 1.43. The number of sulfone groups is 1. The van der Waals surface area contributed by atoms with E-state index in [0.717, 1.165) is 0 Å². The van der Waals surface area contributed by atoms with Crippen LogP contribution in [0.1, 0.15) is 18.0 Å². The Morgan fingerprint density at radius 3 is 2.84 bits per heavy atom. The van der Waals surface area contributed by atoms with Crippen LogP contribution in [-0.2, 0) is 9.84 Å². The van der Waals surface area contributed by atoms with Crippen LogP contribution in [0.5, 0.6) is 0 Å². The minimum Gasteiger partial charge on any atom is -0.369 e. The molecule has 0 bridgehead atoms. The molecule has 102 valence electrons. The van der Waals surface area contributed by atoms with Crippen LogP contribution in [0, 0.1) is 12.7 Å². The van der Waals surface area contributed by atoms with Crippen LogP contribution in [0.25, 0.3) is 11.0 Å². The number of halogens is 1. The smallest absolute Gasteiger partial charge is 0.201 e. The lowest BCUT2D eigenvalue weighted by atomic mass is 10.2. The number of anilines is 1. The van der Waals surface area contributed by atoms with Gasteiger partial charge < -0.3 is 10.3 Å². The second-order valence-corrected chi connectivity index (χ2v) is 7.22. The highest BCUT2D eigenvalue weighted by Gasteiger charge is 2.31. The Balaban J connectivity index is 2.18. The van der Waals surface area contributed by atoms with E-state index in [0.29, 0.717) is 23.0 Å². The third kappa shape index (κ3) is 1.98. The van der Waals surface area contributed by atoms with Crippen molar-refractivity contribution in [3.05, 3.63) is 23.5 Å². The first-order valence-electron chi connectivity index (χ1n) is 6.01. The van der Waals surface area contributed by atoms with Gasteiger partial charge in [0.2, 0.25) is 5.95 Å². The van der Waals surface area contributed by atoms with E-state index in [2.05, 4.69) is 4.98 Å². The van der Waals surface area contributed by atoms with Gasteiger partial charge in [0.1, 0.15) is 5.82 Å². The molecule has 2 aromatic rings. The van der Waals surface area contributed by atoms with Crippen molar-refractivity contribution in [3.63, 3.8) is 0 Å². The predicted molar refractivity (Wildman–Crippen MR) is 71.1 cm³/mol. The molecule has 2 heterocycles. The summed E-state index contributed by atoms with van der Waals surface area (Å²) in [5, 5.41) is 0. The minimum absolute atomic E-state index is 0.0685. The zero-order valence-corrected chi connectivity index (χ0v) is 11.2. The molecule has 0 saturated carbocycles. The minimum atomic E-state index is -3.00. The normalized spacial score (nSPS) is 22.1. The molecule has 0 radical (unpaired) electrons. The summed E-state index contributed by atoms with van der Waals surface area (Å²) < 4.78 is 38.4. The van der Waals surface area contributed by atoms with Gasteiger partial charge in [-0.3, -0.25) is 0 Å². The molecule has 2 N–H and O–H groups in total. The summed E-state index contributed by atoms with van der Waals surface area (Å²) in [5.41, 5.74) is 7.51. The third-order valence-electron chi connectivity index (χ3n) is 3.57. The molecule has 3 rings (SSSR count). The van der Waals surface area contributed by atoms with Gasteiger partial charge in [-0.15, -0.1) is 0 Å². The largest absolute Gasteiger partial charge is 0.369 e. The van der Waals surface area contributed by atoms with Crippen molar-refractivity contribution in [1.82, 2.24) is 9.55 Å². The Hall–Kier alpha value is -1.63. The lowest BCUT2D eigenvalue weighted by Gasteiger charge is -2.13. The average Bonchev–Trinajstić information content (AvgIpc) is 2.79. The van der Waals surface area contributed by atoms with Crippen LogP contribution in [0.15, 0.2) is 12.1 Å². The molecule has 0 amide bonds. The van der Waals surface area contributed by atoms with Gasteiger partial charge in [0.05, 0.1) is 28.6 Å². The van der Waals surface area contributed by atoms with E-state index in [1.807, 2.05) is 0 Å². The lowest BCUT2D eigenvalue weighted by Crippen LogP contribution is -2.13. The van der Waals surface area contributed by atoms with Crippen LogP contribution in [0.4, 0.5) is 10.3 Å². The van der Waals surface area contributed by atoms with Crippen molar-refractivity contribution in [2.45, 2.75) is 19.4 Å². The first-order valence-corrected chi connectivity index (χ1v) is 7.83. The lowest BCUT2D eigenvalue weighted by molar-refractivity contribution is 0.574. The topological polar surface area (TPSA) is 78.0 Å². The third-order valence-corrected chi connectivity index (χ3v) is 5.32. The molecule has 1 aromatic carbocycles. The van der Waals surface area contributed by atoms with Crippen molar-refractivity contribution < 1.29 is 12.8 Å². The Labute approximate surface area is 110 Å². The summed E-state index contributed by atoms with van der Waals surface area (Å²) in [6, 6.07) is 2.79. The number of nitrogen functional groups attached to an aromatic ring is 1. The van der Waals surface area contributed by atoms with Crippen molar-refractivity contribution in [2.24, 2.45) is 0 Å². The monoisotopic (exact) mass is 283 g/mol. The molecule has 0 spiro atoms. The fourth-order valence-corrected chi connectivity index (χ4v) is 4.30. The second kappa shape index (κ2) is 3.93. The Morgan fingerprint density at radius 2 is 2.21 bits per heavy atom. The van der Waals surface area contributed by atoms with Gasteiger partial charge in [0, 0.05) is 6.07 Å². The quantitative estimate of drug-likeness (QED) is 0.858. The number of benzene rings is 1. The van der Waals surface area contributed by atoms with Crippen LogP contribution < -0.4 is 5.73 Å². The molecule has 1 unspecified atom stereocenters. The Kier molecular flexibility index (Phi) is 2.57. The van der Waals surface area contributed by atoms with Crippen LogP contribution in [0.2, 0.25) is 0 Å². The van der Waals surface area contributed by atoms with E-state index >= 15 is 0 Å². The first-order chi connectivity index (χ1) is 8.87. The number of hydrogen-bond donors (Lipinski definition) is 1. The van der Waals surface area contributed by atoms with Gasteiger partial charge in [0.25, 0.3) is 0 Å². The molecule has 1 fully saturated rings. The maximum absolute atomic E-state index is 13.5. The van der Waals surface area contributed by atoms with Gasteiger partial charge in [-0.25, -0.2) is 17.8 Å². The molecule has 5 nitrogen and oxygen atoms in total. The highest BCUT2D eigenvalue weighted by atomic mass is 32.2. The summed E-state index contributed by atoms with van der Waals surface area (Å²) in [7, 11) is -3.00. The fourth-order valence-electron chi connectivity index (χ4n) is 2.60. The van der Waals surface area contributed by atoms with Crippen molar-refractivity contribution in [1.29, 1.82) is 0 Å². The van der Waals surface area contributed by atoms with Gasteiger partial charge in [-0.2, -0.15) is 0 Å². The summed E-state index contributed by atoms with van der Waals surface area (Å²) in [6.45, 7) is 1.66. The fraction of sp³-hybridized carbons (Fsp3) is 0.417. The van der Waals surface area contributed by atoms with Crippen molar-refractivity contribution >= 4 is 26.8 Å². The first kappa shape index (κ1) is 12.4. The number of aromatic nitrogens is 2. The van der Waals surface area contributed by atoms with E-state index < -0.39 is 9.84 Å². The van der Waals surface area contributed by atoms with Crippen LogP contribution >= 0.6 is 0 Å². The number of rotatable bonds is 1. The van der Waals surface area contributed by atoms with Gasteiger partial charge in [0.15, 0.2) is 9.84 Å². The molecule has 7 heteroatoms. The summed E-state index contributed by atoms with van der Waals surface area (Å²) >= 11 is 0. The zero-order chi connectivity index (χ0) is 13.8. The molecule has 0 aliphatic carbocycles. The van der Waals surface area contributed by atoms with Crippen molar-refractivity contribution in [2.75, 3.05) is 17.2 Å². The van der Waals surface area contributed by atoms with Gasteiger partial charge in [-0.05, 0) is 25.0 Å². The van der Waals surface area contributed by atoms with E-state index in [1.54, 1.807) is 17.6 Å². The Morgan fingerprint density at radius 1 is 1.47 bits per heavy atom. The number of fused-ring (bicyclic) bond motifs is 1. The van der Waals surface area contributed by atoms with Crippen LogP contribution in [-0.4, -0.2) is 29.5 Å². The van der Waals surface area contributed by atoms with E-state index in [-0.39, 0.29) is 29.3 Å². The average molecular weight is 283 g/mol. The summed E-state index contributed by atoms with van der Waals surface area (Å²) in [5.74, 6) is 0.133. The number of imidazole rings is 1. The van der Waals surface area contributed by atoms with E-state index in [4.69, 9.17) is 5.73 Å². The number of aryl methyl sites for hydroxylation is 1. The molecular formula is C12H14FN3O2S. The van der Waals surface area contributed by atoms with Gasteiger partial charge in [-0.1, -0.05) is 0 Å². The number of nitrogens with two attached hydrogens (primary N) is 1. The summed E-state index contributed by atoms with van der Waals surface area (Å²) in [6.07, 6.45) is 0.522. The standard InChI is InChI=1S/C12H14FN3O2S/c1-7-4-11-10(5-9(7)13)15-12(14)16(11)8-2-3-19(17,18)6-8/h4-5,8H,2-3,6H2,1H3,(H2,14,15). The highest BCUT2D eigenvalue weighted by Crippen LogP contribution is 2.31. The van der Waals surface area contributed by atoms with Crippen LogP contribution in [0.3, 0.4) is 0 Å². The van der Waals surface area contributed by atoms with E-state index in [1.165, 1.54) is 6.07 Å². The maximum Gasteiger partial charge on any atom is 0.201 e. The molecule has 19 heavy (non-hydrogen) atoms. The maximum atomic E-state index is 13.5. The highest BCUT2D eigenvalue weighted by molar-refractivity contribution is 7.91. The number of nitrogens with zero attached hydrogens (tertiary/aromatic N) is 2. The molecule has 1 aromatic heterocycles. The number of hydrogen-bond acceptors (Lipinski definition) is 4. The molecule has 1 saturated heterocycles. The zero-order valence-electron chi connectivity index (χ0n) is 10.4. The molecule has 1 atom stereocenters. The van der Waals surface area contributed by atoms with Gasteiger partial charge >= 0.3 is 0 Å². The second-order valence-electron chi connectivity index (χ2n) is 4.99. The molecule has 1 aliphatic rings. The molecular weight excluding hydrogens is 269 g/mol. The van der Waals surface area contributed by atoms with E-state index in [9.17, 15) is 12.8 Å². The van der Waals surface area contributed by atoms with Crippen molar-refractivity contribution in [3.8, 4) is 0 Å². The Bertz CT molecular complexity index is 767.